The second kappa shape index (κ2) is 5.43. The fraction of sp³-hybridized carbons (Fsp3) is 0.167. The van der Waals surface area contributed by atoms with Gasteiger partial charge in [0, 0.05) is 24.3 Å². The molecule has 0 aliphatic rings. The smallest absolute Gasteiger partial charge is 0.243 e. The predicted molar refractivity (Wildman–Crippen MR) is 75.4 cm³/mol. The number of nitrogens with zero attached hydrogens (tertiary/aromatic N) is 1. The minimum absolute atomic E-state index is 0.00815. The molecule has 0 unspecified atom stereocenters. The van der Waals surface area contributed by atoms with Gasteiger partial charge >= 0.3 is 0 Å². The molecule has 0 saturated heterocycles. The van der Waals surface area contributed by atoms with Gasteiger partial charge in [-0.15, -0.1) is 0 Å². The Kier molecular flexibility index (Phi) is 3.86. The molecule has 4 N–H and O–H groups in total. The summed E-state index contributed by atoms with van der Waals surface area (Å²) in [6.45, 7) is -0.336. The molecule has 1 aromatic heterocycles. The van der Waals surface area contributed by atoms with E-state index in [4.69, 9.17) is 5.73 Å². The Morgan fingerprint density at radius 1 is 1.35 bits per heavy atom. The van der Waals surface area contributed by atoms with Crippen LogP contribution in [0, 0.1) is 0 Å². The molecule has 106 valence electrons. The molecule has 0 fully saturated rings. The van der Waals surface area contributed by atoms with Crippen molar-refractivity contribution in [3.05, 3.63) is 30.5 Å². The van der Waals surface area contributed by atoms with Gasteiger partial charge in [0.2, 0.25) is 15.9 Å². The van der Waals surface area contributed by atoms with Crippen LogP contribution in [0.5, 0.6) is 0 Å². The van der Waals surface area contributed by atoms with Gasteiger partial charge in [-0.05, 0) is 24.3 Å². The van der Waals surface area contributed by atoms with Crippen LogP contribution in [-0.4, -0.2) is 32.9 Å². The summed E-state index contributed by atoms with van der Waals surface area (Å²) in [6.07, 6.45) is 1.49. The number of hydrogen-bond donors (Lipinski definition) is 3. The number of benzene rings is 1. The predicted octanol–water partition coefficient (Wildman–Crippen LogP) is -0.159. The van der Waals surface area contributed by atoms with E-state index in [1.807, 2.05) is 0 Å². The summed E-state index contributed by atoms with van der Waals surface area (Å²) < 4.78 is 26.6. The van der Waals surface area contributed by atoms with Crippen molar-refractivity contribution in [1.82, 2.24) is 15.0 Å². The number of nitrogens with one attached hydrogen (secondary N) is 2. The molecule has 1 aromatic carbocycles. The van der Waals surface area contributed by atoms with Gasteiger partial charge in [-0.2, -0.15) is 0 Å². The maximum Gasteiger partial charge on any atom is 0.243 e. The average Bonchev–Trinajstić information content (AvgIpc) is 2.45. The van der Waals surface area contributed by atoms with Crippen LogP contribution in [-0.2, 0) is 14.8 Å². The maximum atomic E-state index is 12.2. The second-order valence-corrected chi connectivity index (χ2v) is 5.79. The monoisotopic (exact) mass is 294 g/mol. The van der Waals surface area contributed by atoms with Crippen molar-refractivity contribution in [2.75, 3.05) is 19.3 Å². The number of likely N-dealkylation sites (N-methyl/N-ethyl adjacent to an activating group) is 1. The van der Waals surface area contributed by atoms with E-state index >= 15 is 0 Å². The molecule has 1 heterocycles. The number of pyridine rings is 1. The summed E-state index contributed by atoms with van der Waals surface area (Å²) in [7, 11) is -2.41. The molecule has 7 nitrogen and oxygen atoms in total. The number of rotatable bonds is 4. The summed E-state index contributed by atoms with van der Waals surface area (Å²) in [5, 5.41) is 2.89. The number of nitrogens with two attached hydrogens (primary N) is 1. The number of amides is 1. The van der Waals surface area contributed by atoms with Gasteiger partial charge in [0.1, 0.15) is 4.90 Å². The highest BCUT2D eigenvalue weighted by Gasteiger charge is 2.19. The second-order valence-electron chi connectivity index (χ2n) is 4.05. The Balaban J connectivity index is 2.47. The van der Waals surface area contributed by atoms with Crippen LogP contribution in [0.4, 0.5) is 5.69 Å². The maximum absolute atomic E-state index is 12.2. The van der Waals surface area contributed by atoms with E-state index in [-0.39, 0.29) is 17.0 Å². The zero-order valence-corrected chi connectivity index (χ0v) is 11.6. The first kappa shape index (κ1) is 14.2. The van der Waals surface area contributed by atoms with Crippen molar-refractivity contribution < 1.29 is 13.2 Å². The van der Waals surface area contributed by atoms with Crippen LogP contribution < -0.4 is 15.8 Å². The highest BCUT2D eigenvalue weighted by molar-refractivity contribution is 7.89. The third kappa shape index (κ3) is 2.70. The van der Waals surface area contributed by atoms with Gasteiger partial charge < -0.3 is 11.1 Å². The van der Waals surface area contributed by atoms with Gasteiger partial charge in [-0.1, -0.05) is 0 Å². The standard InChI is InChI=1S/C12H14N4O3S/c1-14-11(17)7-16-20(18,19)10-5-4-9(13)8-3-2-6-15-12(8)10/h2-6,16H,7,13H2,1H3,(H,14,17). The zero-order chi connectivity index (χ0) is 14.8. The van der Waals surface area contributed by atoms with Gasteiger partial charge in [0.15, 0.2) is 0 Å². The molecule has 0 aliphatic heterocycles. The fourth-order valence-corrected chi connectivity index (χ4v) is 2.85. The molecule has 0 aliphatic carbocycles. The molecule has 8 heteroatoms. The Bertz CT molecular complexity index is 758. The Morgan fingerprint density at radius 2 is 2.10 bits per heavy atom. The molecule has 0 spiro atoms. The minimum atomic E-state index is -3.84. The molecule has 0 atom stereocenters. The van der Waals surface area contributed by atoms with Crippen molar-refractivity contribution in [1.29, 1.82) is 0 Å². The number of aromatic nitrogens is 1. The van der Waals surface area contributed by atoms with Crippen LogP contribution in [0.15, 0.2) is 35.4 Å². The first-order valence-electron chi connectivity index (χ1n) is 5.79. The van der Waals surface area contributed by atoms with Crippen molar-refractivity contribution in [2.24, 2.45) is 0 Å². The molecule has 0 radical (unpaired) electrons. The van der Waals surface area contributed by atoms with Crippen LogP contribution >= 0.6 is 0 Å². The van der Waals surface area contributed by atoms with E-state index in [1.165, 1.54) is 25.4 Å². The summed E-state index contributed by atoms with van der Waals surface area (Å²) in [6, 6.07) is 6.23. The Morgan fingerprint density at radius 3 is 2.80 bits per heavy atom. The fourth-order valence-electron chi connectivity index (χ4n) is 1.71. The van der Waals surface area contributed by atoms with Crippen molar-refractivity contribution in [2.45, 2.75) is 4.90 Å². The SMILES string of the molecule is CNC(=O)CNS(=O)(=O)c1ccc(N)c2cccnc12. The largest absolute Gasteiger partial charge is 0.398 e. The molecule has 0 bridgehead atoms. The molecule has 2 aromatic rings. The quantitative estimate of drug-likeness (QED) is 0.678. The van der Waals surface area contributed by atoms with Gasteiger partial charge in [0.25, 0.3) is 0 Å². The third-order valence-electron chi connectivity index (χ3n) is 2.76. The number of fused-ring (bicyclic) bond motifs is 1. The number of hydrogen-bond acceptors (Lipinski definition) is 5. The van der Waals surface area contributed by atoms with E-state index in [0.717, 1.165) is 0 Å². The molecule has 0 saturated carbocycles. The molecular formula is C12H14N4O3S. The van der Waals surface area contributed by atoms with Crippen molar-refractivity contribution in [3.8, 4) is 0 Å². The third-order valence-corrected chi connectivity index (χ3v) is 4.19. The number of anilines is 1. The summed E-state index contributed by atoms with van der Waals surface area (Å²) in [5.41, 5.74) is 6.51. The number of sulfonamides is 1. The number of carbonyl (C=O) groups excluding carboxylic acids is 1. The summed E-state index contributed by atoms with van der Waals surface area (Å²) in [4.78, 5) is 15.2. The highest BCUT2D eigenvalue weighted by Crippen LogP contribution is 2.25. The average molecular weight is 294 g/mol. The van der Waals surface area contributed by atoms with E-state index in [9.17, 15) is 13.2 Å². The van der Waals surface area contributed by atoms with E-state index < -0.39 is 15.9 Å². The van der Waals surface area contributed by atoms with Crippen LogP contribution in [0.25, 0.3) is 10.9 Å². The normalized spacial score (nSPS) is 11.4. The molecule has 2 rings (SSSR count). The van der Waals surface area contributed by atoms with Crippen molar-refractivity contribution >= 4 is 32.5 Å². The topological polar surface area (TPSA) is 114 Å². The summed E-state index contributed by atoms with van der Waals surface area (Å²) in [5.74, 6) is -0.429. The van der Waals surface area contributed by atoms with E-state index in [1.54, 1.807) is 12.1 Å². The van der Waals surface area contributed by atoms with Crippen LogP contribution in [0.1, 0.15) is 0 Å². The lowest BCUT2D eigenvalue weighted by molar-refractivity contribution is -0.119. The number of carbonyl (C=O) groups is 1. The lowest BCUT2D eigenvalue weighted by atomic mass is 10.2. The number of nitrogen functional groups attached to an aromatic ring is 1. The summed E-state index contributed by atoms with van der Waals surface area (Å²) >= 11 is 0. The zero-order valence-electron chi connectivity index (χ0n) is 10.8. The first-order chi connectivity index (χ1) is 9.45. The lowest BCUT2D eigenvalue weighted by Gasteiger charge is -2.09. The molecule has 1 amide bonds. The van der Waals surface area contributed by atoms with Crippen LogP contribution in [0.2, 0.25) is 0 Å². The van der Waals surface area contributed by atoms with E-state index in [0.29, 0.717) is 11.1 Å². The Labute approximate surface area is 116 Å². The van der Waals surface area contributed by atoms with E-state index in [2.05, 4.69) is 15.0 Å². The molecule has 20 heavy (non-hydrogen) atoms. The van der Waals surface area contributed by atoms with Gasteiger partial charge in [-0.25, -0.2) is 13.1 Å². The Hall–Kier alpha value is -2.19. The van der Waals surface area contributed by atoms with Crippen molar-refractivity contribution in [3.63, 3.8) is 0 Å². The highest BCUT2D eigenvalue weighted by atomic mass is 32.2. The first-order valence-corrected chi connectivity index (χ1v) is 7.27. The van der Waals surface area contributed by atoms with Gasteiger partial charge in [-0.3, -0.25) is 9.78 Å². The van der Waals surface area contributed by atoms with Crippen LogP contribution in [0.3, 0.4) is 0 Å². The minimum Gasteiger partial charge on any atom is -0.398 e. The lowest BCUT2D eigenvalue weighted by Crippen LogP contribution is -2.35. The van der Waals surface area contributed by atoms with Gasteiger partial charge in [0.05, 0.1) is 12.1 Å². The molecular weight excluding hydrogens is 280 g/mol.